The van der Waals surface area contributed by atoms with Crippen LogP contribution in [0, 0.1) is 5.92 Å². The van der Waals surface area contributed by atoms with Crippen LogP contribution in [0.5, 0.6) is 0 Å². The summed E-state index contributed by atoms with van der Waals surface area (Å²) >= 11 is 0. The van der Waals surface area contributed by atoms with E-state index in [0.29, 0.717) is 12.4 Å². The molecule has 2 aromatic rings. The topological polar surface area (TPSA) is 69.0 Å². The number of amides is 1. The van der Waals surface area contributed by atoms with Crippen LogP contribution in [-0.4, -0.2) is 33.4 Å². The van der Waals surface area contributed by atoms with Crippen LogP contribution in [0.15, 0.2) is 36.8 Å². The second kappa shape index (κ2) is 7.37. The van der Waals surface area contributed by atoms with Gasteiger partial charge >= 0.3 is 0 Å². The first-order valence-electron chi connectivity index (χ1n) is 8.11. The molecule has 0 radical (unpaired) electrons. The predicted octanol–water partition coefficient (Wildman–Crippen LogP) is 2.47. The van der Waals surface area contributed by atoms with E-state index in [0.717, 1.165) is 31.4 Å². The highest BCUT2D eigenvalue weighted by Gasteiger charge is 2.30. The van der Waals surface area contributed by atoms with E-state index in [2.05, 4.69) is 22.3 Å². The quantitative estimate of drug-likeness (QED) is 0.920. The molecule has 23 heavy (non-hydrogen) atoms. The maximum absolute atomic E-state index is 12.5. The summed E-state index contributed by atoms with van der Waals surface area (Å²) in [6, 6.07) is 5.72. The van der Waals surface area contributed by atoms with Crippen molar-refractivity contribution in [2.24, 2.45) is 5.92 Å². The first-order valence-corrected chi connectivity index (χ1v) is 8.11. The number of anilines is 1. The predicted molar refractivity (Wildman–Crippen MR) is 87.0 cm³/mol. The highest BCUT2D eigenvalue weighted by atomic mass is 16.5. The largest absolute Gasteiger partial charge is 0.377 e. The molecule has 2 atom stereocenters. The van der Waals surface area contributed by atoms with Crippen LogP contribution < -0.4 is 5.32 Å². The monoisotopic (exact) mass is 314 g/mol. The highest BCUT2D eigenvalue weighted by Crippen LogP contribution is 2.24. The summed E-state index contributed by atoms with van der Waals surface area (Å²) in [5.41, 5.74) is 1.12. The van der Waals surface area contributed by atoms with Gasteiger partial charge in [0.2, 0.25) is 5.91 Å². The third-order valence-corrected chi connectivity index (χ3v) is 4.17. The van der Waals surface area contributed by atoms with Crippen molar-refractivity contribution in [2.45, 2.75) is 38.8 Å². The molecule has 1 aliphatic rings. The molecule has 3 rings (SSSR count). The van der Waals surface area contributed by atoms with Crippen LogP contribution in [0.4, 0.5) is 5.82 Å². The molecular formula is C17H22N4O2. The molecule has 0 aromatic carbocycles. The molecule has 0 unspecified atom stereocenters. The van der Waals surface area contributed by atoms with Gasteiger partial charge in [0, 0.05) is 31.3 Å². The fourth-order valence-corrected chi connectivity index (χ4v) is 2.95. The van der Waals surface area contributed by atoms with Gasteiger partial charge in [-0.25, -0.2) is 0 Å². The Bertz CT molecular complexity index is 641. The third kappa shape index (κ3) is 3.96. The number of hydrogen-bond acceptors (Lipinski definition) is 4. The van der Waals surface area contributed by atoms with Gasteiger partial charge < -0.3 is 10.1 Å². The Balaban J connectivity index is 1.61. The van der Waals surface area contributed by atoms with Crippen molar-refractivity contribution >= 4 is 11.7 Å². The Labute approximate surface area is 135 Å². The van der Waals surface area contributed by atoms with E-state index in [-0.39, 0.29) is 17.9 Å². The van der Waals surface area contributed by atoms with Crippen molar-refractivity contribution < 1.29 is 9.53 Å². The number of nitrogens with zero attached hydrogens (tertiary/aromatic N) is 3. The number of nitrogens with one attached hydrogen (secondary N) is 1. The molecule has 6 nitrogen and oxygen atoms in total. The van der Waals surface area contributed by atoms with Crippen molar-refractivity contribution in [1.82, 2.24) is 14.8 Å². The summed E-state index contributed by atoms with van der Waals surface area (Å²) < 4.78 is 7.50. The molecule has 1 fully saturated rings. The van der Waals surface area contributed by atoms with E-state index in [1.807, 2.05) is 24.4 Å². The summed E-state index contributed by atoms with van der Waals surface area (Å²) in [5.74, 6) is 0.509. The van der Waals surface area contributed by atoms with E-state index in [1.165, 1.54) is 0 Å². The minimum atomic E-state index is -0.0842. The van der Waals surface area contributed by atoms with Gasteiger partial charge in [0.05, 0.1) is 18.6 Å². The van der Waals surface area contributed by atoms with Crippen LogP contribution in [-0.2, 0) is 16.1 Å². The van der Waals surface area contributed by atoms with E-state index >= 15 is 0 Å². The molecule has 1 amide bonds. The first-order chi connectivity index (χ1) is 11.3. The molecule has 3 heterocycles. The standard InChI is InChI=1S/C17H22N4O2/c1-2-15-14(4-3-11-23-15)17(22)19-16-7-10-21(20-16)12-13-5-8-18-9-6-13/h5-10,14-15H,2-4,11-12H2,1H3,(H,19,20,22)/t14-,15+/m1/s1. The Hall–Kier alpha value is -2.21. The molecule has 0 aliphatic carbocycles. The summed E-state index contributed by atoms with van der Waals surface area (Å²) in [5, 5.41) is 7.33. The van der Waals surface area contributed by atoms with Gasteiger partial charge in [0.25, 0.3) is 0 Å². The van der Waals surface area contributed by atoms with Crippen molar-refractivity contribution in [1.29, 1.82) is 0 Å². The normalized spacial score (nSPS) is 21.1. The number of carbonyl (C=O) groups excluding carboxylic acids is 1. The molecule has 2 aromatic heterocycles. The third-order valence-electron chi connectivity index (χ3n) is 4.17. The molecule has 122 valence electrons. The smallest absolute Gasteiger partial charge is 0.231 e. The zero-order valence-electron chi connectivity index (χ0n) is 13.3. The maximum atomic E-state index is 12.5. The lowest BCUT2D eigenvalue weighted by Crippen LogP contribution is -2.37. The number of ether oxygens (including phenoxy) is 1. The van der Waals surface area contributed by atoms with Crippen molar-refractivity contribution in [3.8, 4) is 0 Å². The fourth-order valence-electron chi connectivity index (χ4n) is 2.95. The lowest BCUT2D eigenvalue weighted by atomic mass is 9.92. The van der Waals surface area contributed by atoms with E-state index in [9.17, 15) is 4.79 Å². The van der Waals surface area contributed by atoms with E-state index in [1.54, 1.807) is 17.1 Å². The second-order valence-electron chi connectivity index (χ2n) is 5.81. The minimum Gasteiger partial charge on any atom is -0.377 e. The number of aromatic nitrogens is 3. The molecule has 0 saturated carbocycles. The fraction of sp³-hybridized carbons (Fsp3) is 0.471. The van der Waals surface area contributed by atoms with Crippen LogP contribution in [0.1, 0.15) is 31.7 Å². The van der Waals surface area contributed by atoms with Crippen molar-refractivity contribution in [3.05, 3.63) is 42.4 Å². The van der Waals surface area contributed by atoms with Gasteiger partial charge in [0.15, 0.2) is 5.82 Å². The van der Waals surface area contributed by atoms with Crippen LogP contribution >= 0.6 is 0 Å². The minimum absolute atomic E-state index is 0.00529. The zero-order valence-corrected chi connectivity index (χ0v) is 13.3. The number of rotatable bonds is 5. The SMILES string of the molecule is CC[C@@H]1OCCC[C@H]1C(=O)Nc1ccn(Cc2ccncc2)n1. The van der Waals surface area contributed by atoms with Gasteiger partial charge in [-0.1, -0.05) is 6.92 Å². The van der Waals surface area contributed by atoms with Crippen LogP contribution in [0.3, 0.4) is 0 Å². The van der Waals surface area contributed by atoms with Gasteiger partial charge in [0.1, 0.15) is 0 Å². The molecular weight excluding hydrogens is 292 g/mol. The summed E-state index contributed by atoms with van der Waals surface area (Å²) in [6.45, 7) is 3.46. The van der Waals surface area contributed by atoms with Gasteiger partial charge in [-0.15, -0.1) is 0 Å². The van der Waals surface area contributed by atoms with E-state index in [4.69, 9.17) is 4.74 Å². The maximum Gasteiger partial charge on any atom is 0.231 e. The van der Waals surface area contributed by atoms with Gasteiger partial charge in [-0.05, 0) is 37.0 Å². The average Bonchev–Trinajstić information content (AvgIpc) is 3.02. The first kappa shape index (κ1) is 15.7. The van der Waals surface area contributed by atoms with Gasteiger partial charge in [-0.3, -0.25) is 14.5 Å². The highest BCUT2D eigenvalue weighted by molar-refractivity contribution is 5.92. The summed E-state index contributed by atoms with van der Waals surface area (Å²) in [7, 11) is 0. The number of carbonyl (C=O) groups is 1. The average molecular weight is 314 g/mol. The Morgan fingerprint density at radius 3 is 3.00 bits per heavy atom. The Kier molecular flexibility index (Phi) is 5.02. The van der Waals surface area contributed by atoms with Crippen LogP contribution in [0.2, 0.25) is 0 Å². The Morgan fingerprint density at radius 2 is 2.22 bits per heavy atom. The summed E-state index contributed by atoms with van der Waals surface area (Å²) in [4.78, 5) is 16.5. The molecule has 1 saturated heterocycles. The molecule has 0 bridgehead atoms. The lowest BCUT2D eigenvalue weighted by molar-refractivity contribution is -0.129. The zero-order chi connectivity index (χ0) is 16.1. The molecule has 6 heteroatoms. The van der Waals surface area contributed by atoms with Crippen LogP contribution in [0.25, 0.3) is 0 Å². The van der Waals surface area contributed by atoms with E-state index < -0.39 is 0 Å². The Morgan fingerprint density at radius 1 is 1.39 bits per heavy atom. The summed E-state index contributed by atoms with van der Waals surface area (Å²) in [6.07, 6.45) is 8.07. The molecule has 1 aliphatic heterocycles. The second-order valence-corrected chi connectivity index (χ2v) is 5.81. The molecule has 1 N–H and O–H groups in total. The van der Waals surface area contributed by atoms with Crippen molar-refractivity contribution in [3.63, 3.8) is 0 Å². The lowest BCUT2D eigenvalue weighted by Gasteiger charge is -2.29. The van der Waals surface area contributed by atoms with Crippen molar-refractivity contribution in [2.75, 3.05) is 11.9 Å². The number of pyridine rings is 1. The molecule has 0 spiro atoms. The van der Waals surface area contributed by atoms with Gasteiger partial charge in [-0.2, -0.15) is 5.10 Å². The number of hydrogen-bond donors (Lipinski definition) is 1.